The van der Waals surface area contributed by atoms with Crippen molar-refractivity contribution in [1.82, 2.24) is 9.78 Å². The lowest BCUT2D eigenvalue weighted by atomic mass is 10.2. The molecule has 0 fully saturated rings. The van der Waals surface area contributed by atoms with E-state index in [1.807, 2.05) is 0 Å². The number of carbonyl (C=O) groups excluding carboxylic acids is 1. The molecule has 58 valence electrons. The molecule has 0 bridgehead atoms. The lowest BCUT2D eigenvalue weighted by Gasteiger charge is -1.98. The number of allylic oxidation sites excluding steroid dienone is 1. The Morgan fingerprint density at radius 3 is 2.73 bits per heavy atom. The predicted octanol–water partition coefficient (Wildman–Crippen LogP) is 1.18. The van der Waals surface area contributed by atoms with Crippen LogP contribution in [0.2, 0.25) is 0 Å². The van der Waals surface area contributed by atoms with Crippen molar-refractivity contribution in [3.8, 4) is 0 Å². The SMILES string of the molecule is C=C(C)C(=O)c1ccnn1C. The molecular weight excluding hydrogens is 140 g/mol. The number of rotatable bonds is 2. The van der Waals surface area contributed by atoms with Gasteiger partial charge in [-0.1, -0.05) is 6.58 Å². The molecule has 0 atom stereocenters. The van der Waals surface area contributed by atoms with Gasteiger partial charge in [-0.15, -0.1) is 0 Å². The van der Waals surface area contributed by atoms with E-state index >= 15 is 0 Å². The zero-order valence-corrected chi connectivity index (χ0v) is 6.66. The molecule has 0 aliphatic rings. The topological polar surface area (TPSA) is 34.9 Å². The highest BCUT2D eigenvalue weighted by Gasteiger charge is 2.09. The number of nitrogens with zero attached hydrogens (tertiary/aromatic N) is 2. The fraction of sp³-hybridized carbons (Fsp3) is 0.250. The number of ketones is 1. The Kier molecular flexibility index (Phi) is 1.89. The highest BCUT2D eigenvalue weighted by molar-refractivity contribution is 6.06. The highest BCUT2D eigenvalue weighted by Crippen LogP contribution is 2.03. The van der Waals surface area contributed by atoms with Crippen molar-refractivity contribution in [1.29, 1.82) is 0 Å². The second-order valence-corrected chi connectivity index (χ2v) is 2.45. The smallest absolute Gasteiger partial charge is 0.206 e. The van der Waals surface area contributed by atoms with Gasteiger partial charge in [0.15, 0.2) is 0 Å². The maximum absolute atomic E-state index is 11.3. The third-order valence-corrected chi connectivity index (χ3v) is 1.44. The van der Waals surface area contributed by atoms with Crippen LogP contribution in [0.5, 0.6) is 0 Å². The summed E-state index contributed by atoms with van der Waals surface area (Å²) >= 11 is 0. The molecule has 0 unspecified atom stereocenters. The van der Waals surface area contributed by atoms with Gasteiger partial charge in [-0.2, -0.15) is 5.10 Å². The molecule has 1 aromatic rings. The Labute approximate surface area is 65.3 Å². The molecule has 1 heterocycles. The molecule has 0 spiro atoms. The van der Waals surface area contributed by atoms with E-state index in [4.69, 9.17) is 0 Å². The fourth-order valence-corrected chi connectivity index (χ4v) is 0.815. The van der Waals surface area contributed by atoms with Gasteiger partial charge >= 0.3 is 0 Å². The maximum Gasteiger partial charge on any atom is 0.206 e. The normalized spacial score (nSPS) is 9.64. The average molecular weight is 150 g/mol. The first-order chi connectivity index (χ1) is 5.13. The third-order valence-electron chi connectivity index (χ3n) is 1.44. The third kappa shape index (κ3) is 1.37. The molecule has 11 heavy (non-hydrogen) atoms. The Morgan fingerprint density at radius 1 is 1.73 bits per heavy atom. The first kappa shape index (κ1) is 7.72. The van der Waals surface area contributed by atoms with Gasteiger partial charge in [-0.25, -0.2) is 0 Å². The molecule has 0 N–H and O–H groups in total. The first-order valence-corrected chi connectivity index (χ1v) is 3.31. The molecule has 0 aromatic carbocycles. The summed E-state index contributed by atoms with van der Waals surface area (Å²) < 4.78 is 1.54. The standard InChI is InChI=1S/C8H10N2O/c1-6(2)8(11)7-4-5-9-10(7)3/h4-5H,1H2,2-3H3. The summed E-state index contributed by atoms with van der Waals surface area (Å²) in [4.78, 5) is 11.3. The molecule has 0 saturated carbocycles. The molecule has 1 aromatic heterocycles. The first-order valence-electron chi connectivity index (χ1n) is 3.31. The zero-order chi connectivity index (χ0) is 8.43. The van der Waals surface area contributed by atoms with Crippen molar-refractivity contribution in [3.05, 3.63) is 30.1 Å². The quantitative estimate of drug-likeness (QED) is 0.468. The summed E-state index contributed by atoms with van der Waals surface area (Å²) in [6.07, 6.45) is 1.59. The number of hydrogen-bond acceptors (Lipinski definition) is 2. The van der Waals surface area contributed by atoms with Crippen molar-refractivity contribution in [2.75, 3.05) is 0 Å². The van der Waals surface area contributed by atoms with Crippen LogP contribution >= 0.6 is 0 Å². The summed E-state index contributed by atoms with van der Waals surface area (Å²) in [6.45, 7) is 5.25. The molecule has 3 nitrogen and oxygen atoms in total. The number of aryl methyl sites for hydroxylation is 1. The minimum absolute atomic E-state index is 0.0509. The summed E-state index contributed by atoms with van der Waals surface area (Å²) in [6, 6.07) is 1.68. The Balaban J connectivity index is 3.02. The van der Waals surface area contributed by atoms with Gasteiger partial charge in [0.1, 0.15) is 5.69 Å². The monoisotopic (exact) mass is 150 g/mol. The summed E-state index contributed by atoms with van der Waals surface area (Å²) in [5.74, 6) is -0.0509. The molecule has 0 amide bonds. The summed E-state index contributed by atoms with van der Waals surface area (Å²) in [7, 11) is 1.73. The van der Waals surface area contributed by atoms with E-state index in [1.54, 1.807) is 26.2 Å². The van der Waals surface area contributed by atoms with Gasteiger partial charge in [0, 0.05) is 13.2 Å². The van der Waals surface area contributed by atoms with E-state index in [9.17, 15) is 4.79 Å². The van der Waals surface area contributed by atoms with Crippen molar-refractivity contribution < 1.29 is 4.79 Å². The highest BCUT2D eigenvalue weighted by atomic mass is 16.1. The largest absolute Gasteiger partial charge is 0.287 e. The second-order valence-electron chi connectivity index (χ2n) is 2.45. The fourth-order valence-electron chi connectivity index (χ4n) is 0.815. The summed E-state index contributed by atoms with van der Waals surface area (Å²) in [5, 5.41) is 3.87. The van der Waals surface area contributed by atoms with E-state index in [0.29, 0.717) is 11.3 Å². The van der Waals surface area contributed by atoms with Crippen molar-refractivity contribution in [2.24, 2.45) is 7.05 Å². The van der Waals surface area contributed by atoms with Crippen LogP contribution in [0, 0.1) is 0 Å². The Hall–Kier alpha value is -1.38. The molecular formula is C8H10N2O. The van der Waals surface area contributed by atoms with Gasteiger partial charge in [-0.3, -0.25) is 9.48 Å². The van der Waals surface area contributed by atoms with Crippen LogP contribution < -0.4 is 0 Å². The van der Waals surface area contributed by atoms with Crippen LogP contribution in [0.1, 0.15) is 17.4 Å². The molecule has 0 saturated heterocycles. The molecule has 0 aliphatic heterocycles. The van der Waals surface area contributed by atoms with Gasteiger partial charge in [0.05, 0.1) is 0 Å². The minimum Gasteiger partial charge on any atom is -0.287 e. The average Bonchev–Trinajstić information content (AvgIpc) is 2.33. The molecule has 1 rings (SSSR count). The number of hydrogen-bond donors (Lipinski definition) is 0. The lowest BCUT2D eigenvalue weighted by molar-refractivity contribution is 0.102. The predicted molar refractivity (Wildman–Crippen MR) is 42.4 cm³/mol. The minimum atomic E-state index is -0.0509. The van der Waals surface area contributed by atoms with E-state index in [-0.39, 0.29) is 5.78 Å². The lowest BCUT2D eigenvalue weighted by Crippen LogP contribution is -2.06. The van der Waals surface area contributed by atoms with Crippen LogP contribution in [-0.4, -0.2) is 15.6 Å². The van der Waals surface area contributed by atoms with Crippen LogP contribution in [0.4, 0.5) is 0 Å². The second kappa shape index (κ2) is 2.70. The summed E-state index contributed by atoms with van der Waals surface area (Å²) in [5.41, 5.74) is 1.12. The number of carbonyl (C=O) groups is 1. The van der Waals surface area contributed by atoms with Crippen LogP contribution in [0.25, 0.3) is 0 Å². The van der Waals surface area contributed by atoms with Gasteiger partial charge < -0.3 is 0 Å². The Bertz CT molecular complexity index is 299. The van der Waals surface area contributed by atoms with Gasteiger partial charge in [0.2, 0.25) is 5.78 Å². The van der Waals surface area contributed by atoms with Gasteiger partial charge in [0.25, 0.3) is 0 Å². The van der Waals surface area contributed by atoms with E-state index < -0.39 is 0 Å². The van der Waals surface area contributed by atoms with Crippen LogP contribution in [0.3, 0.4) is 0 Å². The zero-order valence-electron chi connectivity index (χ0n) is 6.66. The van der Waals surface area contributed by atoms with Crippen LogP contribution in [0.15, 0.2) is 24.4 Å². The number of Topliss-reactive ketones (excluding diaryl/α,β-unsaturated/α-hetero) is 1. The van der Waals surface area contributed by atoms with Crippen molar-refractivity contribution >= 4 is 5.78 Å². The van der Waals surface area contributed by atoms with E-state index in [1.165, 1.54) is 4.68 Å². The molecule has 0 radical (unpaired) electrons. The van der Waals surface area contributed by atoms with Crippen molar-refractivity contribution in [3.63, 3.8) is 0 Å². The Morgan fingerprint density at radius 2 is 2.36 bits per heavy atom. The van der Waals surface area contributed by atoms with E-state index in [0.717, 1.165) is 0 Å². The van der Waals surface area contributed by atoms with E-state index in [2.05, 4.69) is 11.7 Å². The van der Waals surface area contributed by atoms with Crippen molar-refractivity contribution in [2.45, 2.75) is 6.92 Å². The number of aromatic nitrogens is 2. The molecule has 3 heteroatoms. The molecule has 0 aliphatic carbocycles. The maximum atomic E-state index is 11.3. The van der Waals surface area contributed by atoms with Crippen LogP contribution in [-0.2, 0) is 7.05 Å². The van der Waals surface area contributed by atoms with Gasteiger partial charge in [-0.05, 0) is 18.6 Å².